The predicted molar refractivity (Wildman–Crippen MR) is 116 cm³/mol. The zero-order chi connectivity index (χ0) is 24.4. The van der Waals surface area contributed by atoms with Gasteiger partial charge in [-0.15, -0.1) is 0 Å². The van der Waals surface area contributed by atoms with Crippen LogP contribution in [0.1, 0.15) is 39.5 Å². The van der Waals surface area contributed by atoms with Gasteiger partial charge in [-0.25, -0.2) is 21.9 Å². The lowest BCUT2D eigenvalue weighted by atomic mass is 10.1. The molecule has 0 spiro atoms. The van der Waals surface area contributed by atoms with Crippen LogP contribution in [0.3, 0.4) is 0 Å². The molecule has 1 aliphatic rings. The van der Waals surface area contributed by atoms with Crippen LogP contribution in [0.25, 0.3) is 11.4 Å². The minimum absolute atomic E-state index is 0.0691. The van der Waals surface area contributed by atoms with Gasteiger partial charge in [0, 0.05) is 32.7 Å². The third kappa shape index (κ3) is 6.27. The summed E-state index contributed by atoms with van der Waals surface area (Å²) in [5.74, 6) is -0.563. The molecule has 1 saturated heterocycles. The van der Waals surface area contributed by atoms with Crippen LogP contribution >= 0.6 is 0 Å². The molecule has 2 heterocycles. The number of rotatable bonds is 6. The second kappa shape index (κ2) is 9.74. The van der Waals surface area contributed by atoms with Crippen molar-refractivity contribution in [2.45, 2.75) is 56.8 Å². The summed E-state index contributed by atoms with van der Waals surface area (Å²) in [4.78, 5) is 17.6. The number of carbonyl (C=O) groups excluding carboxylic acids is 1. The van der Waals surface area contributed by atoms with E-state index in [9.17, 15) is 17.6 Å². The molecular weight excluding hydrogens is 455 g/mol. The Morgan fingerprint density at radius 1 is 1.27 bits per heavy atom. The van der Waals surface area contributed by atoms with Gasteiger partial charge in [-0.3, -0.25) is 0 Å². The highest BCUT2D eigenvalue weighted by Crippen LogP contribution is 2.24. The Hall–Kier alpha value is -2.57. The van der Waals surface area contributed by atoms with Crippen molar-refractivity contribution in [2.75, 3.05) is 27.2 Å². The van der Waals surface area contributed by atoms with Crippen LogP contribution in [0.4, 0.5) is 9.18 Å². The monoisotopic (exact) mass is 484 g/mol. The van der Waals surface area contributed by atoms with E-state index >= 15 is 0 Å². The van der Waals surface area contributed by atoms with Crippen molar-refractivity contribution >= 4 is 16.1 Å². The number of amides is 1. The number of ether oxygens (including phenoxy) is 2. The molecule has 33 heavy (non-hydrogen) atoms. The molecule has 1 aliphatic heterocycles. The SMILES string of the molecule is CN(C)S(=O)(=O)c1ccc(-c2noc(COC3CCN(C(=O)OC(C)(C)C)CC3)n2)cc1F. The largest absolute Gasteiger partial charge is 0.444 e. The first-order chi connectivity index (χ1) is 15.4. The maximum atomic E-state index is 14.4. The van der Waals surface area contributed by atoms with E-state index in [2.05, 4.69) is 10.1 Å². The van der Waals surface area contributed by atoms with Gasteiger partial charge in [0.2, 0.25) is 15.8 Å². The third-order valence-corrected chi connectivity index (χ3v) is 6.80. The zero-order valence-corrected chi connectivity index (χ0v) is 20.2. The molecule has 0 unspecified atom stereocenters. The molecule has 0 radical (unpaired) electrons. The molecule has 2 aromatic rings. The Morgan fingerprint density at radius 2 is 1.94 bits per heavy atom. The first kappa shape index (κ1) is 25.1. The maximum absolute atomic E-state index is 14.4. The van der Waals surface area contributed by atoms with Gasteiger partial charge in [0.05, 0.1) is 6.10 Å². The second-order valence-corrected chi connectivity index (χ2v) is 11.0. The summed E-state index contributed by atoms with van der Waals surface area (Å²) in [6.45, 7) is 6.60. The van der Waals surface area contributed by atoms with E-state index in [1.54, 1.807) is 4.90 Å². The number of sulfonamides is 1. The minimum Gasteiger partial charge on any atom is -0.444 e. The van der Waals surface area contributed by atoms with Crippen LogP contribution in [0.5, 0.6) is 0 Å². The molecule has 1 aromatic carbocycles. The van der Waals surface area contributed by atoms with Crippen molar-refractivity contribution in [1.82, 2.24) is 19.3 Å². The molecule has 12 heteroatoms. The number of carbonyl (C=O) groups is 1. The van der Waals surface area contributed by atoms with Gasteiger partial charge >= 0.3 is 6.09 Å². The summed E-state index contributed by atoms with van der Waals surface area (Å²) in [7, 11) is -1.24. The molecular formula is C21H29FN4O6S. The lowest BCUT2D eigenvalue weighted by Gasteiger charge is -2.33. The summed E-state index contributed by atoms with van der Waals surface area (Å²) in [6, 6.07) is 3.64. The average molecular weight is 485 g/mol. The summed E-state index contributed by atoms with van der Waals surface area (Å²) < 4.78 is 56.0. The van der Waals surface area contributed by atoms with Crippen molar-refractivity contribution in [2.24, 2.45) is 0 Å². The van der Waals surface area contributed by atoms with E-state index in [-0.39, 0.29) is 36.1 Å². The second-order valence-electron chi connectivity index (χ2n) is 8.92. The highest BCUT2D eigenvalue weighted by atomic mass is 32.2. The molecule has 0 atom stereocenters. The lowest BCUT2D eigenvalue weighted by Crippen LogP contribution is -2.43. The summed E-state index contributed by atoms with van der Waals surface area (Å²) in [6.07, 6.45) is 0.881. The maximum Gasteiger partial charge on any atom is 0.410 e. The molecule has 0 saturated carbocycles. The Kier molecular flexibility index (Phi) is 7.39. The number of hydrogen-bond donors (Lipinski definition) is 0. The summed E-state index contributed by atoms with van der Waals surface area (Å²) in [5, 5.41) is 3.83. The molecule has 0 bridgehead atoms. The lowest BCUT2D eigenvalue weighted by molar-refractivity contribution is -0.0231. The molecule has 0 N–H and O–H groups in total. The van der Waals surface area contributed by atoms with E-state index < -0.39 is 26.3 Å². The number of piperidine rings is 1. The topological polar surface area (TPSA) is 115 Å². The summed E-state index contributed by atoms with van der Waals surface area (Å²) in [5.41, 5.74) is -0.255. The van der Waals surface area contributed by atoms with Gasteiger partial charge in [0.15, 0.2) is 0 Å². The first-order valence-electron chi connectivity index (χ1n) is 10.5. The van der Waals surface area contributed by atoms with Crippen LogP contribution in [0, 0.1) is 5.82 Å². The fourth-order valence-corrected chi connectivity index (χ4v) is 4.14. The number of aromatic nitrogens is 2. The highest BCUT2D eigenvalue weighted by Gasteiger charge is 2.28. The normalized spacial score (nSPS) is 15.8. The van der Waals surface area contributed by atoms with Crippen LogP contribution in [0.15, 0.2) is 27.6 Å². The van der Waals surface area contributed by atoms with Crippen LogP contribution in [-0.2, 0) is 26.1 Å². The number of halogens is 1. The number of benzene rings is 1. The molecule has 10 nitrogen and oxygen atoms in total. The molecule has 0 aliphatic carbocycles. The van der Waals surface area contributed by atoms with Crippen molar-refractivity contribution in [1.29, 1.82) is 0 Å². The van der Waals surface area contributed by atoms with Crippen LogP contribution in [0.2, 0.25) is 0 Å². The molecule has 182 valence electrons. The molecule has 1 aromatic heterocycles. The summed E-state index contributed by atoms with van der Waals surface area (Å²) >= 11 is 0. The molecule has 1 fully saturated rings. The Morgan fingerprint density at radius 3 is 2.52 bits per heavy atom. The smallest absolute Gasteiger partial charge is 0.410 e. The van der Waals surface area contributed by atoms with E-state index in [0.29, 0.717) is 25.9 Å². The van der Waals surface area contributed by atoms with Gasteiger partial charge in [0.1, 0.15) is 22.9 Å². The standard InChI is InChI=1S/C21H29FN4O6S/c1-21(2,3)31-20(27)26-10-8-15(9-11-26)30-13-18-23-19(24-32-18)14-6-7-17(16(22)12-14)33(28,29)25(4)5/h6-7,12,15H,8-11,13H2,1-5H3. The van der Waals surface area contributed by atoms with Crippen LogP contribution < -0.4 is 0 Å². The van der Waals surface area contributed by atoms with Gasteiger partial charge in [-0.1, -0.05) is 5.16 Å². The highest BCUT2D eigenvalue weighted by molar-refractivity contribution is 7.89. The van der Waals surface area contributed by atoms with E-state index in [1.165, 1.54) is 26.2 Å². The number of likely N-dealkylation sites (tertiary alicyclic amines) is 1. The van der Waals surface area contributed by atoms with Gasteiger partial charge < -0.3 is 18.9 Å². The number of nitrogens with zero attached hydrogens (tertiary/aromatic N) is 4. The van der Waals surface area contributed by atoms with E-state index in [4.69, 9.17) is 14.0 Å². The predicted octanol–water partition coefficient (Wildman–Crippen LogP) is 3.04. The fourth-order valence-electron chi connectivity index (χ4n) is 3.20. The number of hydrogen-bond acceptors (Lipinski definition) is 8. The minimum atomic E-state index is -3.90. The Labute approximate surface area is 192 Å². The zero-order valence-electron chi connectivity index (χ0n) is 19.4. The van der Waals surface area contributed by atoms with Crippen molar-refractivity contribution in [3.63, 3.8) is 0 Å². The Balaban J connectivity index is 1.55. The van der Waals surface area contributed by atoms with Crippen molar-refractivity contribution < 1.29 is 31.6 Å². The third-order valence-electron chi connectivity index (χ3n) is 4.95. The van der Waals surface area contributed by atoms with Gasteiger partial charge in [-0.05, 0) is 51.8 Å². The van der Waals surface area contributed by atoms with E-state index in [1.807, 2.05) is 20.8 Å². The Bertz CT molecular complexity index is 1090. The van der Waals surface area contributed by atoms with E-state index in [0.717, 1.165) is 10.4 Å². The van der Waals surface area contributed by atoms with Gasteiger partial charge in [0.25, 0.3) is 5.89 Å². The molecule has 3 rings (SSSR count). The van der Waals surface area contributed by atoms with Crippen molar-refractivity contribution in [3.05, 3.63) is 29.9 Å². The molecule has 1 amide bonds. The van der Waals surface area contributed by atoms with Crippen LogP contribution in [-0.4, -0.2) is 72.7 Å². The van der Waals surface area contributed by atoms with Gasteiger partial charge in [-0.2, -0.15) is 4.98 Å². The quantitative estimate of drug-likeness (QED) is 0.615. The van der Waals surface area contributed by atoms with Crippen molar-refractivity contribution in [3.8, 4) is 11.4 Å². The fraction of sp³-hybridized carbons (Fsp3) is 0.571. The average Bonchev–Trinajstić information content (AvgIpc) is 3.20. The first-order valence-corrected chi connectivity index (χ1v) is 12.0.